The zero-order chi connectivity index (χ0) is 12.3. The number of carbonyl (C=O) groups is 1. The second-order valence-corrected chi connectivity index (χ2v) is 3.40. The lowest BCUT2D eigenvalue weighted by atomic mass is 10.0. The lowest BCUT2D eigenvalue weighted by Gasteiger charge is -2.04. The molecule has 0 spiro atoms. The molecule has 0 saturated heterocycles. The fourth-order valence-corrected chi connectivity index (χ4v) is 1.54. The monoisotopic (exact) mass is 224 g/mol. The van der Waals surface area contributed by atoms with Crippen LogP contribution in [-0.2, 0) is 0 Å². The number of carboxylic acids is 1. The molecule has 2 rings (SSSR count). The van der Waals surface area contributed by atoms with Crippen LogP contribution in [0.2, 0.25) is 0 Å². The van der Waals surface area contributed by atoms with E-state index in [9.17, 15) is 4.79 Å². The van der Waals surface area contributed by atoms with Crippen LogP contribution in [0.5, 0.6) is 0 Å². The van der Waals surface area contributed by atoms with Crippen LogP contribution < -0.4 is 0 Å². The van der Waals surface area contributed by atoms with E-state index in [4.69, 9.17) is 10.4 Å². The number of hydrogen-bond acceptors (Lipinski definition) is 3. The van der Waals surface area contributed by atoms with Crippen LogP contribution in [0.1, 0.15) is 15.9 Å². The van der Waals surface area contributed by atoms with Crippen LogP contribution in [0.25, 0.3) is 11.3 Å². The highest BCUT2D eigenvalue weighted by Crippen LogP contribution is 2.21. The van der Waals surface area contributed by atoms with Gasteiger partial charge in [-0.2, -0.15) is 5.26 Å². The quantitative estimate of drug-likeness (QED) is 0.849. The van der Waals surface area contributed by atoms with Crippen molar-refractivity contribution < 1.29 is 9.90 Å². The van der Waals surface area contributed by atoms with Crippen LogP contribution in [-0.4, -0.2) is 16.1 Å². The van der Waals surface area contributed by atoms with Crippen molar-refractivity contribution in [1.82, 2.24) is 4.98 Å². The summed E-state index contributed by atoms with van der Waals surface area (Å²) in [6.45, 7) is 0. The first-order chi connectivity index (χ1) is 8.22. The molecule has 0 radical (unpaired) electrons. The Labute approximate surface area is 97.8 Å². The Kier molecular flexibility index (Phi) is 2.84. The minimum absolute atomic E-state index is 0.127. The highest BCUT2D eigenvalue weighted by atomic mass is 16.4. The molecule has 0 saturated carbocycles. The molecule has 0 atom stereocenters. The largest absolute Gasteiger partial charge is 0.478 e. The molecule has 82 valence electrons. The molecule has 4 nitrogen and oxygen atoms in total. The summed E-state index contributed by atoms with van der Waals surface area (Å²) >= 11 is 0. The van der Waals surface area contributed by atoms with Crippen LogP contribution in [0, 0.1) is 11.3 Å². The number of aromatic carboxylic acids is 1. The maximum atomic E-state index is 11.0. The van der Waals surface area contributed by atoms with Crippen molar-refractivity contribution >= 4 is 5.97 Å². The van der Waals surface area contributed by atoms with Gasteiger partial charge in [-0.15, -0.1) is 0 Å². The summed E-state index contributed by atoms with van der Waals surface area (Å²) in [5.74, 6) is -1.03. The van der Waals surface area contributed by atoms with E-state index in [0.717, 1.165) is 0 Å². The molecule has 0 unspecified atom stereocenters. The Morgan fingerprint density at radius 1 is 1.29 bits per heavy atom. The van der Waals surface area contributed by atoms with Crippen molar-refractivity contribution in [1.29, 1.82) is 5.26 Å². The molecule has 0 aliphatic rings. The Hall–Kier alpha value is -2.67. The average molecular weight is 224 g/mol. The SMILES string of the molecule is N#Cc1cccc(-c2ncccc2C(=O)O)c1. The van der Waals surface area contributed by atoms with Crippen molar-refractivity contribution in [2.24, 2.45) is 0 Å². The van der Waals surface area contributed by atoms with Crippen molar-refractivity contribution in [2.45, 2.75) is 0 Å². The Bertz CT molecular complexity index is 615. The predicted molar refractivity (Wildman–Crippen MR) is 61.3 cm³/mol. The molecule has 2 aromatic rings. The zero-order valence-corrected chi connectivity index (χ0v) is 8.79. The van der Waals surface area contributed by atoms with Crippen LogP contribution >= 0.6 is 0 Å². The fourth-order valence-electron chi connectivity index (χ4n) is 1.54. The van der Waals surface area contributed by atoms with E-state index in [-0.39, 0.29) is 5.56 Å². The fraction of sp³-hybridized carbons (Fsp3) is 0. The molecule has 0 aliphatic carbocycles. The highest BCUT2D eigenvalue weighted by molar-refractivity contribution is 5.94. The summed E-state index contributed by atoms with van der Waals surface area (Å²) in [5.41, 5.74) is 1.60. The Morgan fingerprint density at radius 3 is 2.82 bits per heavy atom. The number of carboxylic acid groups (broad SMARTS) is 1. The molecule has 17 heavy (non-hydrogen) atoms. The van der Waals surface area contributed by atoms with Crippen molar-refractivity contribution in [2.75, 3.05) is 0 Å². The summed E-state index contributed by atoms with van der Waals surface area (Å²) in [7, 11) is 0. The van der Waals surface area contributed by atoms with Gasteiger partial charge in [0.05, 0.1) is 22.9 Å². The summed E-state index contributed by atoms with van der Waals surface area (Å²) in [6, 6.07) is 11.8. The standard InChI is InChI=1S/C13H8N2O2/c14-8-9-3-1-4-10(7-9)12-11(13(16)17)5-2-6-15-12/h1-7H,(H,16,17). The maximum absolute atomic E-state index is 11.0. The molecular weight excluding hydrogens is 216 g/mol. The molecule has 0 amide bonds. The molecule has 1 aromatic heterocycles. The zero-order valence-electron chi connectivity index (χ0n) is 8.79. The first-order valence-corrected chi connectivity index (χ1v) is 4.91. The van der Waals surface area contributed by atoms with Gasteiger partial charge in [-0.1, -0.05) is 12.1 Å². The molecule has 1 aromatic carbocycles. The number of rotatable bonds is 2. The second-order valence-electron chi connectivity index (χ2n) is 3.40. The van der Waals surface area contributed by atoms with Crippen LogP contribution in [0.4, 0.5) is 0 Å². The second kappa shape index (κ2) is 4.45. The highest BCUT2D eigenvalue weighted by Gasteiger charge is 2.12. The number of nitriles is 1. The van der Waals surface area contributed by atoms with E-state index in [2.05, 4.69) is 4.98 Å². The molecule has 0 bridgehead atoms. The molecule has 0 fully saturated rings. The van der Waals surface area contributed by atoms with Crippen LogP contribution in [0.15, 0.2) is 42.6 Å². The van der Waals surface area contributed by atoms with Gasteiger partial charge in [0, 0.05) is 11.8 Å². The number of pyridine rings is 1. The van der Waals surface area contributed by atoms with E-state index in [0.29, 0.717) is 16.8 Å². The van der Waals surface area contributed by atoms with E-state index >= 15 is 0 Å². The van der Waals surface area contributed by atoms with Gasteiger partial charge >= 0.3 is 5.97 Å². The van der Waals surface area contributed by atoms with Crippen molar-refractivity contribution in [3.05, 3.63) is 53.7 Å². The molecule has 1 heterocycles. The number of benzene rings is 1. The van der Waals surface area contributed by atoms with Gasteiger partial charge in [0.25, 0.3) is 0 Å². The number of aromatic nitrogens is 1. The first-order valence-electron chi connectivity index (χ1n) is 4.91. The topological polar surface area (TPSA) is 74.0 Å². The van der Waals surface area contributed by atoms with Crippen LogP contribution in [0.3, 0.4) is 0 Å². The van der Waals surface area contributed by atoms with Gasteiger partial charge in [0.2, 0.25) is 0 Å². The van der Waals surface area contributed by atoms with Gasteiger partial charge < -0.3 is 5.11 Å². The minimum Gasteiger partial charge on any atom is -0.478 e. The molecule has 4 heteroatoms. The minimum atomic E-state index is -1.03. The number of nitrogens with zero attached hydrogens (tertiary/aromatic N) is 2. The van der Waals surface area contributed by atoms with E-state index in [1.165, 1.54) is 12.3 Å². The van der Waals surface area contributed by atoms with Gasteiger partial charge in [-0.3, -0.25) is 4.98 Å². The molecule has 0 aliphatic heterocycles. The summed E-state index contributed by atoms with van der Waals surface area (Å²) in [5, 5.41) is 17.8. The van der Waals surface area contributed by atoms with Gasteiger partial charge in [-0.05, 0) is 24.3 Å². The lowest BCUT2D eigenvalue weighted by Crippen LogP contribution is -2.01. The third kappa shape index (κ3) is 2.13. The number of hydrogen-bond donors (Lipinski definition) is 1. The first kappa shape index (κ1) is 10.8. The predicted octanol–water partition coefficient (Wildman–Crippen LogP) is 2.32. The summed E-state index contributed by atoms with van der Waals surface area (Å²) in [4.78, 5) is 15.1. The van der Waals surface area contributed by atoms with Gasteiger partial charge in [0.1, 0.15) is 0 Å². The lowest BCUT2D eigenvalue weighted by molar-refractivity contribution is 0.0697. The van der Waals surface area contributed by atoms with E-state index < -0.39 is 5.97 Å². The maximum Gasteiger partial charge on any atom is 0.337 e. The smallest absolute Gasteiger partial charge is 0.337 e. The normalized spacial score (nSPS) is 9.59. The third-order valence-corrected chi connectivity index (χ3v) is 2.30. The summed E-state index contributed by atoms with van der Waals surface area (Å²) < 4.78 is 0. The Morgan fingerprint density at radius 2 is 2.12 bits per heavy atom. The average Bonchev–Trinajstić information content (AvgIpc) is 2.39. The van der Waals surface area contributed by atoms with Crippen molar-refractivity contribution in [3.8, 4) is 17.3 Å². The van der Waals surface area contributed by atoms with Crippen molar-refractivity contribution in [3.63, 3.8) is 0 Å². The molecule has 1 N–H and O–H groups in total. The Balaban J connectivity index is 2.61. The van der Waals surface area contributed by atoms with E-state index in [1.54, 1.807) is 30.3 Å². The molecular formula is C13H8N2O2. The third-order valence-electron chi connectivity index (χ3n) is 2.30. The van der Waals surface area contributed by atoms with Gasteiger partial charge in [-0.25, -0.2) is 4.79 Å². The van der Waals surface area contributed by atoms with E-state index in [1.807, 2.05) is 6.07 Å². The van der Waals surface area contributed by atoms with Gasteiger partial charge in [0.15, 0.2) is 0 Å². The summed E-state index contributed by atoms with van der Waals surface area (Å²) in [6.07, 6.45) is 1.53.